The lowest BCUT2D eigenvalue weighted by atomic mass is 9.91. The molecule has 4 nitrogen and oxygen atoms in total. The van der Waals surface area contributed by atoms with Gasteiger partial charge in [0.1, 0.15) is 16.6 Å². The molecule has 0 radical (unpaired) electrons. The molecule has 0 amide bonds. The summed E-state index contributed by atoms with van der Waals surface area (Å²) in [4.78, 5) is 2.29. The van der Waals surface area contributed by atoms with Crippen molar-refractivity contribution >= 4 is 28.1 Å². The van der Waals surface area contributed by atoms with E-state index >= 15 is 0 Å². The third kappa shape index (κ3) is 2.58. The zero-order valence-electron chi connectivity index (χ0n) is 11.3. The van der Waals surface area contributed by atoms with Crippen LogP contribution in [0.3, 0.4) is 0 Å². The number of ether oxygens (including phenoxy) is 1. The largest absolute Gasteiger partial charge is 0.382 e. The van der Waals surface area contributed by atoms with E-state index in [1.54, 1.807) is 7.11 Å². The minimum absolute atomic E-state index is 0.00897. The second-order valence-corrected chi connectivity index (χ2v) is 6.04. The number of nitrogens with zero attached hydrogens (tertiary/aromatic N) is 3. The monoisotopic (exact) mass is 299 g/mol. The number of halogens is 1. The number of hydrogen-bond donors (Lipinski definition) is 0. The fourth-order valence-electron chi connectivity index (χ4n) is 3.01. The lowest BCUT2D eigenvalue weighted by Gasteiger charge is -2.38. The van der Waals surface area contributed by atoms with Gasteiger partial charge in [0.2, 0.25) is 0 Å². The zero-order chi connectivity index (χ0) is 13.9. The predicted octanol–water partition coefficient (Wildman–Crippen LogP) is 3.45. The maximum Gasteiger partial charge on any atom is 0.162 e. The summed E-state index contributed by atoms with van der Waals surface area (Å²) >= 11 is 7.31. The molecule has 1 atom stereocenters. The molecule has 0 aliphatic carbocycles. The highest BCUT2D eigenvalue weighted by molar-refractivity contribution is 7.10. The van der Waals surface area contributed by atoms with Gasteiger partial charge in [0, 0.05) is 13.7 Å². The van der Waals surface area contributed by atoms with Gasteiger partial charge in [-0.15, -0.1) is 0 Å². The van der Waals surface area contributed by atoms with Crippen LogP contribution in [-0.2, 0) is 4.74 Å². The summed E-state index contributed by atoms with van der Waals surface area (Å²) in [6.45, 7) is 3.80. The van der Waals surface area contributed by atoms with Crippen LogP contribution < -0.4 is 4.90 Å². The Hall–Kier alpha value is -0.830. The number of rotatable bonds is 5. The number of nitriles is 1. The van der Waals surface area contributed by atoms with Crippen LogP contribution in [0.25, 0.3) is 0 Å². The Labute approximate surface area is 123 Å². The smallest absolute Gasteiger partial charge is 0.162 e. The second kappa shape index (κ2) is 6.08. The fraction of sp³-hybridized carbons (Fsp3) is 0.692. The average molecular weight is 300 g/mol. The van der Waals surface area contributed by atoms with E-state index < -0.39 is 0 Å². The third-order valence-electron chi connectivity index (χ3n) is 3.71. The molecule has 1 aromatic heterocycles. The molecule has 1 unspecified atom stereocenters. The Morgan fingerprint density at radius 3 is 3.05 bits per heavy atom. The topological polar surface area (TPSA) is 49.1 Å². The van der Waals surface area contributed by atoms with Gasteiger partial charge in [-0.05, 0) is 30.8 Å². The molecule has 6 heteroatoms. The molecule has 2 heterocycles. The molecule has 104 valence electrons. The maximum absolute atomic E-state index is 9.25. The molecular weight excluding hydrogens is 282 g/mol. The Bertz CT molecular complexity index is 477. The molecule has 2 rings (SSSR count). The quantitative estimate of drug-likeness (QED) is 0.835. The molecule has 1 aromatic rings. The first kappa shape index (κ1) is 14.6. The summed E-state index contributed by atoms with van der Waals surface area (Å²) < 4.78 is 9.56. The van der Waals surface area contributed by atoms with Gasteiger partial charge < -0.3 is 9.64 Å². The van der Waals surface area contributed by atoms with E-state index in [9.17, 15) is 5.26 Å². The van der Waals surface area contributed by atoms with Crippen molar-refractivity contribution in [3.8, 4) is 6.07 Å². The third-order valence-corrected chi connectivity index (χ3v) is 4.96. The summed E-state index contributed by atoms with van der Waals surface area (Å²) in [5, 5.41) is 10.5. The van der Waals surface area contributed by atoms with Crippen molar-refractivity contribution in [1.82, 2.24) is 4.37 Å². The van der Waals surface area contributed by atoms with Crippen molar-refractivity contribution < 1.29 is 4.74 Å². The highest BCUT2D eigenvalue weighted by Gasteiger charge is 2.42. The first-order chi connectivity index (χ1) is 9.18. The molecule has 1 aliphatic heterocycles. The second-order valence-electron chi connectivity index (χ2n) is 4.93. The van der Waals surface area contributed by atoms with Crippen LogP contribution in [0.4, 0.5) is 5.00 Å². The van der Waals surface area contributed by atoms with E-state index in [-0.39, 0.29) is 5.54 Å². The standard InChI is InChI=1S/C13H18ClN3OS/c1-3-5-13(9-18-2)6-4-7-17(13)12-10(8-15)11(14)16-19-12/h3-7,9H2,1-2H3. The van der Waals surface area contributed by atoms with Crippen LogP contribution in [0.5, 0.6) is 0 Å². The van der Waals surface area contributed by atoms with Crippen molar-refractivity contribution in [3.05, 3.63) is 10.7 Å². The van der Waals surface area contributed by atoms with Gasteiger partial charge in [-0.25, -0.2) is 0 Å². The van der Waals surface area contributed by atoms with Gasteiger partial charge in [-0.3, -0.25) is 0 Å². The molecule has 1 aliphatic rings. The van der Waals surface area contributed by atoms with Crippen molar-refractivity contribution in [1.29, 1.82) is 5.26 Å². The molecular formula is C13H18ClN3OS. The van der Waals surface area contributed by atoms with E-state index in [1.807, 2.05) is 0 Å². The minimum atomic E-state index is -0.00897. The van der Waals surface area contributed by atoms with E-state index in [0.29, 0.717) is 17.3 Å². The fourth-order valence-corrected chi connectivity index (χ4v) is 4.18. The van der Waals surface area contributed by atoms with Crippen molar-refractivity contribution in [3.63, 3.8) is 0 Å². The summed E-state index contributed by atoms with van der Waals surface area (Å²) in [6.07, 6.45) is 4.36. The molecule has 0 bridgehead atoms. The summed E-state index contributed by atoms with van der Waals surface area (Å²) in [5.41, 5.74) is 0.496. The molecule has 1 saturated heterocycles. The molecule has 0 spiro atoms. The summed E-state index contributed by atoms with van der Waals surface area (Å²) in [6, 6.07) is 2.18. The van der Waals surface area contributed by atoms with Crippen molar-refractivity contribution in [2.75, 3.05) is 25.2 Å². The average Bonchev–Trinajstić information content (AvgIpc) is 2.94. The van der Waals surface area contributed by atoms with Crippen LogP contribution >= 0.6 is 23.1 Å². The summed E-state index contributed by atoms with van der Waals surface area (Å²) in [7, 11) is 1.73. The zero-order valence-corrected chi connectivity index (χ0v) is 12.9. The maximum atomic E-state index is 9.25. The van der Waals surface area contributed by atoms with Gasteiger partial charge in [-0.2, -0.15) is 9.64 Å². The Balaban J connectivity index is 2.38. The molecule has 1 fully saturated rings. The Morgan fingerprint density at radius 2 is 2.42 bits per heavy atom. The number of anilines is 1. The van der Waals surface area contributed by atoms with E-state index in [0.717, 1.165) is 37.2 Å². The Morgan fingerprint density at radius 1 is 1.63 bits per heavy atom. The molecule has 0 saturated carbocycles. The normalized spacial score (nSPS) is 22.7. The van der Waals surface area contributed by atoms with Crippen molar-refractivity contribution in [2.24, 2.45) is 0 Å². The Kier molecular flexibility index (Phi) is 4.67. The number of hydrogen-bond acceptors (Lipinski definition) is 5. The first-order valence-electron chi connectivity index (χ1n) is 6.50. The number of aromatic nitrogens is 1. The van der Waals surface area contributed by atoms with Crippen LogP contribution in [0.2, 0.25) is 5.15 Å². The minimum Gasteiger partial charge on any atom is -0.382 e. The van der Waals surface area contributed by atoms with Gasteiger partial charge in [0.05, 0.1) is 12.1 Å². The predicted molar refractivity (Wildman–Crippen MR) is 77.9 cm³/mol. The van der Waals surface area contributed by atoms with Crippen LogP contribution in [0.1, 0.15) is 38.2 Å². The first-order valence-corrected chi connectivity index (χ1v) is 7.65. The lowest BCUT2D eigenvalue weighted by Crippen LogP contribution is -2.47. The van der Waals surface area contributed by atoms with Crippen LogP contribution in [0, 0.1) is 11.3 Å². The van der Waals surface area contributed by atoms with Gasteiger partial charge in [0.25, 0.3) is 0 Å². The van der Waals surface area contributed by atoms with Gasteiger partial charge >= 0.3 is 0 Å². The highest BCUT2D eigenvalue weighted by atomic mass is 35.5. The molecule has 0 N–H and O–H groups in total. The number of methoxy groups -OCH3 is 1. The van der Waals surface area contributed by atoms with Crippen molar-refractivity contribution in [2.45, 2.75) is 38.1 Å². The van der Waals surface area contributed by atoms with Gasteiger partial charge in [-0.1, -0.05) is 24.9 Å². The molecule has 19 heavy (non-hydrogen) atoms. The van der Waals surface area contributed by atoms with Crippen LogP contribution in [-0.4, -0.2) is 30.2 Å². The van der Waals surface area contributed by atoms with Gasteiger partial charge in [0.15, 0.2) is 5.15 Å². The van der Waals surface area contributed by atoms with Crippen LogP contribution in [0.15, 0.2) is 0 Å². The van der Waals surface area contributed by atoms with E-state index in [2.05, 4.69) is 22.3 Å². The SMILES string of the molecule is CCCC1(COC)CCCN1c1snc(Cl)c1C#N. The molecule has 0 aromatic carbocycles. The van der Waals surface area contributed by atoms with E-state index in [4.69, 9.17) is 16.3 Å². The summed E-state index contributed by atoms with van der Waals surface area (Å²) in [5.74, 6) is 0. The lowest BCUT2D eigenvalue weighted by molar-refractivity contribution is 0.128. The van der Waals surface area contributed by atoms with E-state index in [1.165, 1.54) is 11.5 Å². The highest BCUT2D eigenvalue weighted by Crippen LogP contribution is 2.42.